The van der Waals surface area contributed by atoms with Crippen LogP contribution in [0.1, 0.15) is 65.7 Å². The van der Waals surface area contributed by atoms with Crippen LogP contribution in [0.2, 0.25) is 0 Å². The molecule has 1 unspecified atom stereocenters. The number of rotatable bonds is 2. The van der Waals surface area contributed by atoms with Crippen molar-refractivity contribution in [2.45, 2.75) is 88.9 Å². The molecule has 2 saturated heterocycles. The average molecular weight is 338 g/mol. The monoisotopic (exact) mass is 337 g/mol. The largest absolute Gasteiger partial charge is 0.444 e. The van der Waals surface area contributed by atoms with Crippen molar-refractivity contribution in [2.75, 3.05) is 26.7 Å². The van der Waals surface area contributed by atoms with Crippen LogP contribution in [0.3, 0.4) is 0 Å². The lowest BCUT2D eigenvalue weighted by Crippen LogP contribution is -2.64. The molecule has 0 bridgehead atoms. The third-order valence-electron chi connectivity index (χ3n) is 5.99. The van der Waals surface area contributed by atoms with Gasteiger partial charge in [-0.2, -0.15) is 0 Å². The van der Waals surface area contributed by atoms with E-state index in [2.05, 4.69) is 22.2 Å². The molecule has 0 aromatic carbocycles. The lowest BCUT2D eigenvalue weighted by atomic mass is 9.69. The molecule has 0 radical (unpaired) electrons. The van der Waals surface area contributed by atoms with Gasteiger partial charge in [0.25, 0.3) is 0 Å². The van der Waals surface area contributed by atoms with Crippen LogP contribution in [0.5, 0.6) is 0 Å². The van der Waals surface area contributed by atoms with E-state index in [-0.39, 0.29) is 11.6 Å². The molecule has 1 N–H and O–H groups in total. The predicted molar refractivity (Wildman–Crippen MR) is 96.2 cm³/mol. The predicted octanol–water partition coefficient (Wildman–Crippen LogP) is 2.99. The van der Waals surface area contributed by atoms with Crippen molar-refractivity contribution in [1.29, 1.82) is 0 Å². The topological polar surface area (TPSA) is 44.8 Å². The van der Waals surface area contributed by atoms with Gasteiger partial charge in [0, 0.05) is 24.2 Å². The van der Waals surface area contributed by atoms with Gasteiger partial charge in [0.15, 0.2) is 0 Å². The van der Waals surface area contributed by atoms with Gasteiger partial charge in [-0.05, 0) is 85.9 Å². The number of carbonyl (C=O) groups excluding carboxylic acids is 1. The number of nitrogens with one attached hydrogen (secondary N) is 1. The third-order valence-corrected chi connectivity index (χ3v) is 5.99. The second kappa shape index (κ2) is 6.83. The van der Waals surface area contributed by atoms with E-state index in [4.69, 9.17) is 4.74 Å². The van der Waals surface area contributed by atoms with Crippen molar-refractivity contribution in [1.82, 2.24) is 15.1 Å². The van der Waals surface area contributed by atoms with Crippen LogP contribution in [0.4, 0.5) is 4.79 Å². The smallest absolute Gasteiger partial charge is 0.410 e. The van der Waals surface area contributed by atoms with Crippen molar-refractivity contribution in [3.8, 4) is 0 Å². The molecular weight excluding hydrogens is 302 g/mol. The van der Waals surface area contributed by atoms with Crippen LogP contribution in [-0.2, 0) is 4.74 Å². The van der Waals surface area contributed by atoms with Gasteiger partial charge in [0.2, 0.25) is 0 Å². The molecule has 2 aliphatic heterocycles. The molecule has 0 aromatic heterocycles. The first-order valence-electron chi connectivity index (χ1n) is 9.73. The molecule has 1 atom stereocenters. The fourth-order valence-corrected chi connectivity index (χ4v) is 4.50. The van der Waals surface area contributed by atoms with Gasteiger partial charge in [0.1, 0.15) is 5.60 Å². The van der Waals surface area contributed by atoms with Crippen LogP contribution in [0, 0.1) is 0 Å². The first kappa shape index (κ1) is 18.0. The highest BCUT2D eigenvalue weighted by Crippen LogP contribution is 2.45. The SMILES string of the molecule is CN1CCC(NC2CCN(C(=O)OC(C)(C)C)C3(CCC3)C2)CC1. The Morgan fingerprint density at radius 3 is 2.25 bits per heavy atom. The maximum Gasteiger partial charge on any atom is 0.410 e. The van der Waals surface area contributed by atoms with Crippen LogP contribution in [0.25, 0.3) is 0 Å². The van der Waals surface area contributed by atoms with Gasteiger partial charge in [0.05, 0.1) is 0 Å². The van der Waals surface area contributed by atoms with Gasteiger partial charge in [-0.25, -0.2) is 4.79 Å². The van der Waals surface area contributed by atoms with Crippen LogP contribution in [0.15, 0.2) is 0 Å². The molecule has 5 heteroatoms. The lowest BCUT2D eigenvalue weighted by molar-refractivity contribution is -0.0505. The Kier molecular flexibility index (Phi) is 5.12. The molecule has 24 heavy (non-hydrogen) atoms. The number of carbonyl (C=O) groups is 1. The van der Waals surface area contributed by atoms with Gasteiger partial charge >= 0.3 is 6.09 Å². The standard InChI is InChI=1S/C19H35N3O2/c1-18(2,3)24-17(23)22-13-8-16(14-19(22)9-5-10-19)20-15-6-11-21(4)12-7-15/h15-16,20H,5-14H2,1-4H3. The van der Waals surface area contributed by atoms with E-state index in [0.29, 0.717) is 12.1 Å². The molecule has 3 fully saturated rings. The summed E-state index contributed by atoms with van der Waals surface area (Å²) in [6, 6.07) is 1.20. The Bertz CT molecular complexity index is 448. The zero-order valence-electron chi connectivity index (χ0n) is 15.9. The number of likely N-dealkylation sites (tertiary alicyclic amines) is 2. The minimum absolute atomic E-state index is 0.0592. The highest BCUT2D eigenvalue weighted by Gasteiger charge is 2.50. The fourth-order valence-electron chi connectivity index (χ4n) is 4.50. The number of ether oxygens (including phenoxy) is 1. The summed E-state index contributed by atoms with van der Waals surface area (Å²) < 4.78 is 5.67. The molecule has 2 heterocycles. The second-order valence-corrected chi connectivity index (χ2v) is 9.14. The Morgan fingerprint density at radius 1 is 1.08 bits per heavy atom. The minimum Gasteiger partial charge on any atom is -0.444 e. The Hall–Kier alpha value is -0.810. The van der Waals surface area contributed by atoms with E-state index in [1.54, 1.807) is 0 Å². The number of hydrogen-bond acceptors (Lipinski definition) is 4. The van der Waals surface area contributed by atoms with E-state index in [9.17, 15) is 4.79 Å². The summed E-state index contributed by atoms with van der Waals surface area (Å²) in [7, 11) is 2.21. The zero-order valence-corrected chi connectivity index (χ0v) is 15.9. The van der Waals surface area contributed by atoms with Crippen molar-refractivity contribution in [3.05, 3.63) is 0 Å². The van der Waals surface area contributed by atoms with Crippen LogP contribution >= 0.6 is 0 Å². The summed E-state index contributed by atoms with van der Waals surface area (Å²) >= 11 is 0. The summed E-state index contributed by atoms with van der Waals surface area (Å²) in [6.45, 7) is 9.07. The summed E-state index contributed by atoms with van der Waals surface area (Å²) in [5.41, 5.74) is -0.352. The lowest BCUT2D eigenvalue weighted by Gasteiger charge is -2.55. The quantitative estimate of drug-likeness (QED) is 0.841. The van der Waals surface area contributed by atoms with E-state index in [1.807, 2.05) is 20.8 Å². The average Bonchev–Trinajstić information content (AvgIpc) is 2.46. The van der Waals surface area contributed by atoms with Gasteiger partial charge in [-0.1, -0.05) is 0 Å². The third kappa shape index (κ3) is 4.05. The van der Waals surface area contributed by atoms with Crippen molar-refractivity contribution in [3.63, 3.8) is 0 Å². The maximum absolute atomic E-state index is 12.6. The van der Waals surface area contributed by atoms with Gasteiger partial charge in [-0.15, -0.1) is 0 Å². The molecule has 1 spiro atoms. The summed E-state index contributed by atoms with van der Waals surface area (Å²) in [5, 5.41) is 3.90. The van der Waals surface area contributed by atoms with E-state index in [0.717, 1.165) is 32.2 Å². The zero-order chi connectivity index (χ0) is 17.4. The van der Waals surface area contributed by atoms with E-state index < -0.39 is 5.60 Å². The minimum atomic E-state index is -0.411. The molecular formula is C19H35N3O2. The van der Waals surface area contributed by atoms with E-state index >= 15 is 0 Å². The van der Waals surface area contributed by atoms with Crippen molar-refractivity contribution in [2.24, 2.45) is 0 Å². The second-order valence-electron chi connectivity index (χ2n) is 9.14. The van der Waals surface area contributed by atoms with E-state index in [1.165, 1.54) is 32.4 Å². The molecule has 5 nitrogen and oxygen atoms in total. The summed E-state index contributed by atoms with van der Waals surface area (Å²) in [4.78, 5) is 17.1. The van der Waals surface area contributed by atoms with Gasteiger partial charge in [-0.3, -0.25) is 0 Å². The molecule has 1 amide bonds. The van der Waals surface area contributed by atoms with Crippen molar-refractivity contribution < 1.29 is 9.53 Å². The molecule has 3 rings (SSSR count). The number of nitrogens with zero attached hydrogens (tertiary/aromatic N) is 2. The van der Waals surface area contributed by atoms with Crippen LogP contribution < -0.4 is 5.32 Å². The molecule has 138 valence electrons. The van der Waals surface area contributed by atoms with Crippen molar-refractivity contribution >= 4 is 6.09 Å². The van der Waals surface area contributed by atoms with Gasteiger partial charge < -0.3 is 19.9 Å². The summed E-state index contributed by atoms with van der Waals surface area (Å²) in [5.74, 6) is 0. The highest BCUT2D eigenvalue weighted by atomic mass is 16.6. The Labute approximate surface area is 147 Å². The highest BCUT2D eigenvalue weighted by molar-refractivity contribution is 5.69. The molecule has 3 aliphatic rings. The molecule has 1 saturated carbocycles. The fraction of sp³-hybridized carbons (Fsp3) is 0.947. The summed E-state index contributed by atoms with van der Waals surface area (Å²) in [6.07, 6.45) is 8.04. The first-order valence-corrected chi connectivity index (χ1v) is 9.73. The molecule has 1 aliphatic carbocycles. The number of amides is 1. The first-order chi connectivity index (χ1) is 11.3. The number of piperidine rings is 2. The molecule has 0 aromatic rings. The Morgan fingerprint density at radius 2 is 1.71 bits per heavy atom. The Balaban J connectivity index is 1.57. The van der Waals surface area contributed by atoms with Crippen LogP contribution in [-0.4, -0.2) is 65.8 Å². The normalized spacial score (nSPS) is 28.7. The maximum atomic E-state index is 12.6. The number of hydrogen-bond donors (Lipinski definition) is 1.